The highest BCUT2D eigenvalue weighted by molar-refractivity contribution is 5.99. The van der Waals surface area contributed by atoms with E-state index in [4.69, 9.17) is 15.2 Å². The normalized spacial score (nSPS) is 12.1. The molecule has 41 heavy (non-hydrogen) atoms. The fourth-order valence-electron chi connectivity index (χ4n) is 3.91. The number of methoxy groups -OCH3 is 1. The van der Waals surface area contributed by atoms with Crippen LogP contribution in [0.2, 0.25) is 0 Å². The van der Waals surface area contributed by atoms with E-state index in [1.807, 2.05) is 13.8 Å². The Balaban J connectivity index is 1.58. The molecule has 0 saturated heterocycles. The Morgan fingerprint density at radius 2 is 1.61 bits per heavy atom. The summed E-state index contributed by atoms with van der Waals surface area (Å²) in [6.07, 6.45) is 1.97. The van der Waals surface area contributed by atoms with E-state index in [2.05, 4.69) is 20.9 Å². The summed E-state index contributed by atoms with van der Waals surface area (Å²) in [5.74, 6) is -1.74. The van der Waals surface area contributed by atoms with Gasteiger partial charge in [-0.15, -0.1) is 0 Å². The average molecular weight is 562 g/mol. The number of urea groups is 1. The van der Waals surface area contributed by atoms with E-state index in [1.54, 1.807) is 72.9 Å². The van der Waals surface area contributed by atoms with Crippen LogP contribution < -0.4 is 26.4 Å². The molecule has 11 heteroatoms. The Hall–Kier alpha value is -4.77. The Morgan fingerprint density at radius 3 is 2.22 bits per heavy atom. The van der Waals surface area contributed by atoms with Gasteiger partial charge in [0, 0.05) is 18.4 Å². The number of nitrogens with zero attached hydrogens (tertiary/aromatic N) is 1. The van der Waals surface area contributed by atoms with Gasteiger partial charge in [-0.2, -0.15) is 0 Å². The smallest absolute Gasteiger partial charge is 0.330 e. The van der Waals surface area contributed by atoms with Gasteiger partial charge in [0.15, 0.2) is 0 Å². The molecule has 1 heterocycles. The number of pyridine rings is 1. The molecule has 3 amide bonds. The van der Waals surface area contributed by atoms with Crippen molar-refractivity contribution in [3.8, 4) is 5.75 Å². The molecule has 3 aromatic rings. The monoisotopic (exact) mass is 561 g/mol. The van der Waals surface area contributed by atoms with Crippen molar-refractivity contribution in [1.29, 1.82) is 0 Å². The first-order chi connectivity index (χ1) is 19.6. The van der Waals surface area contributed by atoms with Gasteiger partial charge in [0.2, 0.25) is 5.91 Å². The van der Waals surface area contributed by atoms with Crippen LogP contribution in [0, 0.1) is 5.92 Å². The highest BCUT2D eigenvalue weighted by Gasteiger charge is 2.28. The number of amides is 3. The summed E-state index contributed by atoms with van der Waals surface area (Å²) < 4.78 is 10.3. The molecule has 2 atom stereocenters. The van der Waals surface area contributed by atoms with E-state index in [0.717, 1.165) is 0 Å². The molecule has 0 bridgehead atoms. The molecule has 2 aromatic carbocycles. The quantitative estimate of drug-likeness (QED) is 0.193. The zero-order valence-corrected chi connectivity index (χ0v) is 23.3. The zero-order valence-electron chi connectivity index (χ0n) is 23.3. The van der Waals surface area contributed by atoms with Gasteiger partial charge in [-0.3, -0.25) is 14.9 Å². The molecular formula is C30H35N5O6. The van der Waals surface area contributed by atoms with Crippen LogP contribution in [0.4, 0.5) is 16.3 Å². The maximum absolute atomic E-state index is 13.0. The van der Waals surface area contributed by atoms with Crippen molar-refractivity contribution in [1.82, 2.24) is 10.3 Å². The summed E-state index contributed by atoms with van der Waals surface area (Å²) >= 11 is 0. The Morgan fingerprint density at radius 1 is 0.902 bits per heavy atom. The fraction of sp³-hybridized carbons (Fsp3) is 0.300. The third-order valence-corrected chi connectivity index (χ3v) is 6.02. The number of hydrogen-bond donors (Lipinski definition) is 4. The molecule has 0 radical (unpaired) electrons. The summed E-state index contributed by atoms with van der Waals surface area (Å²) in [4.78, 5) is 54.3. The fourth-order valence-corrected chi connectivity index (χ4v) is 3.91. The molecule has 5 N–H and O–H groups in total. The minimum absolute atomic E-state index is 0.0307. The van der Waals surface area contributed by atoms with Gasteiger partial charge in [-0.05, 0) is 59.9 Å². The van der Waals surface area contributed by atoms with Crippen molar-refractivity contribution in [2.24, 2.45) is 11.7 Å². The summed E-state index contributed by atoms with van der Waals surface area (Å²) in [6.45, 7) is 3.73. The summed E-state index contributed by atoms with van der Waals surface area (Å²) in [5, 5.41) is 8.07. The number of esters is 2. The van der Waals surface area contributed by atoms with Crippen LogP contribution in [0.5, 0.6) is 5.75 Å². The number of aromatic nitrogens is 1. The molecule has 0 aliphatic carbocycles. The first-order valence-corrected chi connectivity index (χ1v) is 13.1. The summed E-state index contributed by atoms with van der Waals surface area (Å²) in [5.41, 5.74) is 7.65. The SMILES string of the molecule is COc1ccc(C(CNC(=O)Cc2ccc(NC(=O)Nc3ccccn3)cc2)C(=O)OC(=O)[C@@H](N)CC(C)C)cc1. The van der Waals surface area contributed by atoms with E-state index in [0.29, 0.717) is 34.8 Å². The van der Waals surface area contributed by atoms with Gasteiger partial charge in [0.05, 0.1) is 19.4 Å². The Labute approximate surface area is 238 Å². The van der Waals surface area contributed by atoms with Crippen molar-refractivity contribution in [2.45, 2.75) is 38.6 Å². The molecule has 0 aliphatic rings. The molecule has 0 saturated carbocycles. The van der Waals surface area contributed by atoms with Crippen LogP contribution in [0.3, 0.4) is 0 Å². The van der Waals surface area contributed by atoms with E-state index < -0.39 is 29.9 Å². The minimum atomic E-state index is -0.941. The topological polar surface area (TPSA) is 162 Å². The first kappa shape index (κ1) is 30.8. The highest BCUT2D eigenvalue weighted by Crippen LogP contribution is 2.21. The van der Waals surface area contributed by atoms with Crippen molar-refractivity contribution in [3.63, 3.8) is 0 Å². The number of carbonyl (C=O) groups is 4. The van der Waals surface area contributed by atoms with Crippen molar-refractivity contribution < 1.29 is 28.7 Å². The molecular weight excluding hydrogens is 526 g/mol. The number of hydrogen-bond acceptors (Lipinski definition) is 8. The zero-order chi connectivity index (χ0) is 29.8. The predicted molar refractivity (Wildman–Crippen MR) is 154 cm³/mol. The van der Waals surface area contributed by atoms with E-state index >= 15 is 0 Å². The van der Waals surface area contributed by atoms with Gasteiger partial charge in [0.25, 0.3) is 0 Å². The number of benzene rings is 2. The van der Waals surface area contributed by atoms with Gasteiger partial charge in [0.1, 0.15) is 17.6 Å². The third-order valence-electron chi connectivity index (χ3n) is 6.02. The summed E-state index contributed by atoms with van der Waals surface area (Å²) in [6, 6.07) is 17.2. The molecule has 0 fully saturated rings. The molecule has 0 aliphatic heterocycles. The Bertz CT molecular complexity index is 1310. The van der Waals surface area contributed by atoms with Crippen LogP contribution in [0.15, 0.2) is 72.9 Å². The van der Waals surface area contributed by atoms with E-state index in [-0.39, 0.29) is 24.8 Å². The third kappa shape index (κ3) is 10.0. The van der Waals surface area contributed by atoms with Gasteiger partial charge >= 0.3 is 18.0 Å². The standard InChI is InChI=1S/C30H35N5O6/c1-19(2)16-25(31)29(38)41-28(37)24(21-9-13-23(40-3)14-10-21)18-33-27(36)17-20-7-11-22(12-8-20)34-30(39)35-26-6-4-5-15-32-26/h4-15,19,24-25H,16-18,31H2,1-3H3,(H,33,36)(H2,32,34,35,39)/t24?,25-/m0/s1. The number of ether oxygens (including phenoxy) is 2. The molecule has 1 aromatic heterocycles. The average Bonchev–Trinajstić information content (AvgIpc) is 2.94. The minimum Gasteiger partial charge on any atom is -0.497 e. The second-order valence-electron chi connectivity index (χ2n) is 9.77. The Kier molecular flexibility index (Phi) is 11.4. The molecule has 3 rings (SSSR count). The van der Waals surface area contributed by atoms with Crippen LogP contribution in [-0.2, 0) is 25.5 Å². The van der Waals surface area contributed by atoms with E-state index in [9.17, 15) is 19.2 Å². The van der Waals surface area contributed by atoms with Gasteiger partial charge in [-0.1, -0.05) is 44.2 Å². The van der Waals surface area contributed by atoms with Crippen LogP contribution in [0.25, 0.3) is 0 Å². The molecule has 11 nitrogen and oxygen atoms in total. The number of nitrogens with one attached hydrogen (secondary N) is 3. The predicted octanol–water partition coefficient (Wildman–Crippen LogP) is 3.62. The van der Waals surface area contributed by atoms with Crippen molar-refractivity contribution in [2.75, 3.05) is 24.3 Å². The first-order valence-electron chi connectivity index (χ1n) is 13.1. The maximum Gasteiger partial charge on any atom is 0.330 e. The molecule has 1 unspecified atom stereocenters. The summed E-state index contributed by atoms with van der Waals surface area (Å²) in [7, 11) is 1.52. The lowest BCUT2D eigenvalue weighted by Crippen LogP contribution is -2.38. The van der Waals surface area contributed by atoms with Crippen molar-refractivity contribution in [3.05, 3.63) is 84.1 Å². The lowest BCUT2D eigenvalue weighted by molar-refractivity contribution is -0.161. The number of carbonyl (C=O) groups excluding carboxylic acids is 4. The van der Waals surface area contributed by atoms with Gasteiger partial charge in [-0.25, -0.2) is 14.6 Å². The maximum atomic E-state index is 13.0. The largest absolute Gasteiger partial charge is 0.497 e. The van der Waals surface area contributed by atoms with Crippen LogP contribution in [0.1, 0.15) is 37.3 Å². The lowest BCUT2D eigenvalue weighted by atomic mass is 9.98. The molecule has 0 spiro atoms. The molecule has 216 valence electrons. The highest BCUT2D eigenvalue weighted by atomic mass is 16.6. The second-order valence-corrected chi connectivity index (χ2v) is 9.77. The second kappa shape index (κ2) is 15.1. The van der Waals surface area contributed by atoms with Gasteiger partial charge < -0.3 is 25.8 Å². The lowest BCUT2D eigenvalue weighted by Gasteiger charge is -2.19. The van der Waals surface area contributed by atoms with Crippen molar-refractivity contribution >= 4 is 35.4 Å². The number of anilines is 2. The van der Waals surface area contributed by atoms with Crippen LogP contribution >= 0.6 is 0 Å². The van der Waals surface area contributed by atoms with E-state index in [1.165, 1.54) is 7.11 Å². The number of rotatable bonds is 12. The van der Waals surface area contributed by atoms with Crippen LogP contribution in [-0.4, -0.2) is 48.6 Å². The number of nitrogens with two attached hydrogens (primary N) is 1.